The molecule has 0 aromatic heterocycles. The van der Waals surface area contributed by atoms with Crippen LogP contribution in [0.15, 0.2) is 0 Å². The Morgan fingerprint density at radius 2 is 2.07 bits per heavy atom. The molecule has 4 heteroatoms. The zero-order valence-electron chi connectivity index (χ0n) is 9.08. The lowest BCUT2D eigenvalue weighted by atomic mass is 10.0. The minimum Gasteiger partial charge on any atom is -0.327 e. The van der Waals surface area contributed by atoms with Crippen molar-refractivity contribution in [2.24, 2.45) is 0 Å². The van der Waals surface area contributed by atoms with Crippen LogP contribution in [0, 0.1) is 11.3 Å². The van der Waals surface area contributed by atoms with Gasteiger partial charge in [0, 0.05) is 18.6 Å². The quantitative estimate of drug-likeness (QED) is 0.571. The molecule has 0 spiro atoms. The maximum Gasteiger partial charge on any atom is 0.237 e. The van der Waals surface area contributed by atoms with E-state index < -0.39 is 0 Å². The summed E-state index contributed by atoms with van der Waals surface area (Å²) in [5.74, 6) is 0.0627. The smallest absolute Gasteiger partial charge is 0.237 e. The summed E-state index contributed by atoms with van der Waals surface area (Å²) in [5.41, 5.74) is 0.0361. The molecule has 1 rings (SSSR count). The molecule has 0 radical (unpaired) electrons. The molecule has 1 aliphatic rings. The Balaban J connectivity index is 2.56. The molecule has 1 amide bonds. The Morgan fingerprint density at radius 3 is 2.50 bits per heavy atom. The highest BCUT2D eigenvalue weighted by Crippen LogP contribution is 2.15. The molecule has 0 aliphatic carbocycles. The lowest BCUT2D eigenvalue weighted by Gasteiger charge is -2.41. The Hall–Kier alpha value is -1.08. The molecule has 1 heterocycles. The van der Waals surface area contributed by atoms with E-state index in [1.54, 1.807) is 4.90 Å². The van der Waals surface area contributed by atoms with Gasteiger partial charge in [0.15, 0.2) is 0 Å². The maximum absolute atomic E-state index is 11.6. The normalized spacial score (nSPS) is 19.6. The van der Waals surface area contributed by atoms with Crippen LogP contribution in [0.3, 0.4) is 0 Å². The Kier molecular flexibility index (Phi) is 3.12. The van der Waals surface area contributed by atoms with Gasteiger partial charge < -0.3 is 4.90 Å². The van der Waals surface area contributed by atoms with E-state index in [0.29, 0.717) is 13.1 Å². The predicted octanol–water partition coefficient (Wildman–Crippen LogP) is 0.453. The molecule has 4 nitrogen and oxygen atoms in total. The van der Waals surface area contributed by atoms with Gasteiger partial charge in [-0.3, -0.25) is 9.69 Å². The van der Waals surface area contributed by atoms with Crippen LogP contribution in [0.2, 0.25) is 0 Å². The van der Waals surface area contributed by atoms with Crippen LogP contribution in [0.25, 0.3) is 0 Å². The minimum absolute atomic E-state index is 0.0361. The number of piperazine rings is 1. The van der Waals surface area contributed by atoms with E-state index in [2.05, 4.69) is 25.7 Å². The molecule has 14 heavy (non-hydrogen) atoms. The summed E-state index contributed by atoms with van der Waals surface area (Å²) < 4.78 is 0. The average molecular weight is 195 g/mol. The summed E-state index contributed by atoms with van der Waals surface area (Å²) in [6, 6.07) is 2.01. The largest absolute Gasteiger partial charge is 0.327 e. The van der Waals surface area contributed by atoms with Crippen LogP contribution in [-0.2, 0) is 4.79 Å². The van der Waals surface area contributed by atoms with Crippen LogP contribution < -0.4 is 0 Å². The number of nitriles is 1. The molecule has 1 fully saturated rings. The zero-order valence-corrected chi connectivity index (χ0v) is 9.08. The molecule has 0 saturated carbocycles. The van der Waals surface area contributed by atoms with Gasteiger partial charge in [0.25, 0.3) is 0 Å². The van der Waals surface area contributed by atoms with E-state index in [-0.39, 0.29) is 18.0 Å². The SMILES string of the molecule is CC(C)(C)N1CCN(CC#N)C(=O)C1. The fourth-order valence-corrected chi connectivity index (χ4v) is 1.53. The number of hydrogen-bond acceptors (Lipinski definition) is 3. The van der Waals surface area contributed by atoms with Crippen LogP contribution in [0.4, 0.5) is 0 Å². The molecule has 0 bridgehead atoms. The van der Waals surface area contributed by atoms with E-state index in [1.807, 2.05) is 6.07 Å². The van der Waals surface area contributed by atoms with Crippen molar-refractivity contribution in [1.29, 1.82) is 5.26 Å². The van der Waals surface area contributed by atoms with Crippen LogP contribution in [0.1, 0.15) is 20.8 Å². The van der Waals surface area contributed by atoms with E-state index in [4.69, 9.17) is 5.26 Å². The van der Waals surface area contributed by atoms with Crippen LogP contribution in [0.5, 0.6) is 0 Å². The van der Waals surface area contributed by atoms with Crippen LogP contribution >= 0.6 is 0 Å². The van der Waals surface area contributed by atoms with Gasteiger partial charge in [-0.2, -0.15) is 5.26 Å². The van der Waals surface area contributed by atoms with Gasteiger partial charge in [-0.15, -0.1) is 0 Å². The first kappa shape index (κ1) is 11.0. The first-order chi connectivity index (χ1) is 6.45. The third-order valence-electron chi connectivity index (χ3n) is 2.53. The van der Waals surface area contributed by atoms with Crippen molar-refractivity contribution in [2.75, 3.05) is 26.2 Å². The van der Waals surface area contributed by atoms with E-state index >= 15 is 0 Å². The third-order valence-corrected chi connectivity index (χ3v) is 2.53. The molecule has 0 aromatic carbocycles. The number of nitrogens with zero attached hydrogens (tertiary/aromatic N) is 3. The van der Waals surface area contributed by atoms with Crippen molar-refractivity contribution in [1.82, 2.24) is 9.80 Å². The van der Waals surface area contributed by atoms with Gasteiger partial charge in [-0.1, -0.05) is 0 Å². The molecule has 0 unspecified atom stereocenters. The standard InChI is InChI=1S/C10H17N3O/c1-10(2,3)13-7-6-12(5-4-11)9(14)8-13/h5-8H2,1-3H3. The van der Waals surface area contributed by atoms with Crippen molar-refractivity contribution in [2.45, 2.75) is 26.3 Å². The third kappa shape index (κ3) is 2.46. The van der Waals surface area contributed by atoms with Crippen molar-refractivity contribution in [3.8, 4) is 6.07 Å². The first-order valence-corrected chi connectivity index (χ1v) is 4.85. The topological polar surface area (TPSA) is 47.3 Å². The van der Waals surface area contributed by atoms with Gasteiger partial charge in [-0.25, -0.2) is 0 Å². The van der Waals surface area contributed by atoms with Gasteiger partial charge in [0.2, 0.25) is 5.91 Å². The fourth-order valence-electron chi connectivity index (χ4n) is 1.53. The number of rotatable bonds is 1. The second-order valence-electron chi connectivity index (χ2n) is 4.57. The molecule has 0 atom stereocenters. The summed E-state index contributed by atoms with van der Waals surface area (Å²) in [4.78, 5) is 15.3. The monoisotopic (exact) mass is 195 g/mol. The van der Waals surface area contributed by atoms with E-state index in [0.717, 1.165) is 6.54 Å². The molecule has 1 aliphatic heterocycles. The highest BCUT2D eigenvalue weighted by Gasteiger charge is 2.30. The lowest BCUT2D eigenvalue weighted by Crippen LogP contribution is -2.56. The molecule has 0 N–H and O–H groups in total. The summed E-state index contributed by atoms with van der Waals surface area (Å²) in [5, 5.41) is 8.50. The highest BCUT2D eigenvalue weighted by atomic mass is 16.2. The molecular weight excluding hydrogens is 178 g/mol. The number of amides is 1. The number of hydrogen-bond donors (Lipinski definition) is 0. The Labute approximate surface area is 85.1 Å². The van der Waals surface area contributed by atoms with Crippen molar-refractivity contribution in [3.05, 3.63) is 0 Å². The molecule has 1 saturated heterocycles. The highest BCUT2D eigenvalue weighted by molar-refractivity contribution is 5.79. The van der Waals surface area contributed by atoms with E-state index in [1.165, 1.54) is 0 Å². The fraction of sp³-hybridized carbons (Fsp3) is 0.800. The summed E-state index contributed by atoms with van der Waals surface area (Å²) in [6.45, 7) is 8.48. The van der Waals surface area contributed by atoms with Crippen molar-refractivity contribution in [3.63, 3.8) is 0 Å². The average Bonchev–Trinajstić information content (AvgIpc) is 2.07. The predicted molar refractivity (Wildman–Crippen MR) is 53.5 cm³/mol. The molecule has 78 valence electrons. The van der Waals surface area contributed by atoms with Gasteiger partial charge in [-0.05, 0) is 20.8 Å². The maximum atomic E-state index is 11.6. The Morgan fingerprint density at radius 1 is 1.43 bits per heavy atom. The second kappa shape index (κ2) is 3.97. The molecule has 0 aromatic rings. The number of carbonyl (C=O) groups excluding carboxylic acids is 1. The minimum atomic E-state index is 0.0361. The summed E-state index contributed by atoms with van der Waals surface area (Å²) in [7, 11) is 0. The first-order valence-electron chi connectivity index (χ1n) is 4.85. The molecular formula is C10H17N3O. The zero-order chi connectivity index (χ0) is 10.8. The van der Waals surface area contributed by atoms with Gasteiger partial charge in [0.1, 0.15) is 6.54 Å². The summed E-state index contributed by atoms with van der Waals surface area (Å²) >= 11 is 0. The second-order valence-corrected chi connectivity index (χ2v) is 4.57. The van der Waals surface area contributed by atoms with Crippen molar-refractivity contribution >= 4 is 5.91 Å². The van der Waals surface area contributed by atoms with Gasteiger partial charge >= 0.3 is 0 Å². The lowest BCUT2D eigenvalue weighted by molar-refractivity contribution is -0.137. The van der Waals surface area contributed by atoms with Gasteiger partial charge in [0.05, 0.1) is 12.6 Å². The van der Waals surface area contributed by atoms with Crippen molar-refractivity contribution < 1.29 is 4.79 Å². The van der Waals surface area contributed by atoms with E-state index in [9.17, 15) is 4.79 Å². The number of carbonyl (C=O) groups is 1. The van der Waals surface area contributed by atoms with Crippen LogP contribution in [-0.4, -0.2) is 47.4 Å². The Bertz CT molecular complexity index is 262. The summed E-state index contributed by atoms with van der Waals surface area (Å²) in [6.07, 6.45) is 0.